The standard InChI is InChI=1S/C15H14O5/c1-17-12-7-11(20-15(16)8-12)4-2-10-3-5-13-14(6-10)19-9-18-13/h2-6,8,11H,7,9H2,1H3/b4-2-/t11-/m0/s1. The van der Waals surface area contributed by atoms with E-state index in [2.05, 4.69) is 0 Å². The number of carbonyl (C=O) groups is 1. The summed E-state index contributed by atoms with van der Waals surface area (Å²) in [5.74, 6) is 1.72. The summed E-state index contributed by atoms with van der Waals surface area (Å²) in [6.07, 6.45) is 5.32. The molecule has 2 aliphatic heterocycles. The van der Waals surface area contributed by atoms with Crippen LogP contribution in [0.3, 0.4) is 0 Å². The van der Waals surface area contributed by atoms with E-state index in [1.807, 2.05) is 30.4 Å². The number of cyclic esters (lactones) is 1. The summed E-state index contributed by atoms with van der Waals surface area (Å²) in [5, 5.41) is 0. The van der Waals surface area contributed by atoms with E-state index >= 15 is 0 Å². The van der Waals surface area contributed by atoms with Crippen LogP contribution >= 0.6 is 0 Å². The summed E-state index contributed by atoms with van der Waals surface area (Å²) in [5.41, 5.74) is 0.957. The average Bonchev–Trinajstić information content (AvgIpc) is 2.92. The van der Waals surface area contributed by atoms with Crippen LogP contribution in [0.1, 0.15) is 12.0 Å². The fourth-order valence-electron chi connectivity index (χ4n) is 2.10. The summed E-state index contributed by atoms with van der Waals surface area (Å²) in [4.78, 5) is 11.4. The van der Waals surface area contributed by atoms with Crippen LogP contribution in [-0.4, -0.2) is 26.0 Å². The molecule has 1 aromatic rings. The minimum absolute atomic E-state index is 0.255. The lowest BCUT2D eigenvalue weighted by atomic mass is 10.1. The first-order valence-electron chi connectivity index (χ1n) is 6.27. The van der Waals surface area contributed by atoms with Crippen LogP contribution in [0.15, 0.2) is 36.1 Å². The van der Waals surface area contributed by atoms with Crippen molar-refractivity contribution in [2.24, 2.45) is 0 Å². The van der Waals surface area contributed by atoms with Gasteiger partial charge in [0.15, 0.2) is 11.5 Å². The Morgan fingerprint density at radius 3 is 3.00 bits per heavy atom. The molecule has 20 heavy (non-hydrogen) atoms. The Balaban J connectivity index is 1.71. The van der Waals surface area contributed by atoms with Gasteiger partial charge in [-0.15, -0.1) is 0 Å². The Kier molecular flexibility index (Phi) is 3.33. The van der Waals surface area contributed by atoms with E-state index in [9.17, 15) is 4.79 Å². The zero-order valence-electron chi connectivity index (χ0n) is 11.0. The zero-order chi connectivity index (χ0) is 13.9. The maximum atomic E-state index is 11.4. The molecular weight excluding hydrogens is 260 g/mol. The molecule has 0 amide bonds. The minimum Gasteiger partial charge on any atom is -0.501 e. The van der Waals surface area contributed by atoms with E-state index < -0.39 is 0 Å². The van der Waals surface area contributed by atoms with Crippen LogP contribution in [0.2, 0.25) is 0 Å². The Bertz CT molecular complexity index is 588. The van der Waals surface area contributed by atoms with Crippen molar-refractivity contribution < 1.29 is 23.7 Å². The highest BCUT2D eigenvalue weighted by Gasteiger charge is 2.20. The van der Waals surface area contributed by atoms with Gasteiger partial charge < -0.3 is 18.9 Å². The second-order valence-electron chi connectivity index (χ2n) is 4.47. The number of ether oxygens (including phenoxy) is 4. The van der Waals surface area contributed by atoms with Crippen LogP contribution < -0.4 is 9.47 Å². The van der Waals surface area contributed by atoms with Gasteiger partial charge in [0, 0.05) is 6.42 Å². The fourth-order valence-corrected chi connectivity index (χ4v) is 2.10. The number of methoxy groups -OCH3 is 1. The third-order valence-electron chi connectivity index (χ3n) is 3.11. The van der Waals surface area contributed by atoms with Crippen LogP contribution in [0.4, 0.5) is 0 Å². The van der Waals surface area contributed by atoms with Gasteiger partial charge in [-0.05, 0) is 23.8 Å². The average molecular weight is 274 g/mol. The first-order chi connectivity index (χ1) is 9.74. The van der Waals surface area contributed by atoms with Crippen molar-refractivity contribution in [3.05, 3.63) is 41.7 Å². The molecule has 5 nitrogen and oxygen atoms in total. The minimum atomic E-state index is -0.381. The summed E-state index contributed by atoms with van der Waals surface area (Å²) in [7, 11) is 1.54. The number of esters is 1. The van der Waals surface area contributed by atoms with Crippen molar-refractivity contribution in [3.8, 4) is 11.5 Å². The Labute approximate surface area is 116 Å². The second kappa shape index (κ2) is 5.28. The molecule has 0 spiro atoms. The van der Waals surface area contributed by atoms with Crippen molar-refractivity contribution in [3.63, 3.8) is 0 Å². The highest BCUT2D eigenvalue weighted by molar-refractivity contribution is 5.83. The van der Waals surface area contributed by atoms with E-state index in [4.69, 9.17) is 18.9 Å². The molecule has 1 aromatic carbocycles. The first kappa shape index (κ1) is 12.6. The second-order valence-corrected chi connectivity index (χ2v) is 4.47. The number of fused-ring (bicyclic) bond motifs is 1. The monoisotopic (exact) mass is 274 g/mol. The van der Waals surface area contributed by atoms with E-state index in [0.717, 1.165) is 17.1 Å². The lowest BCUT2D eigenvalue weighted by Gasteiger charge is -2.19. The van der Waals surface area contributed by atoms with Crippen LogP contribution in [0.25, 0.3) is 6.08 Å². The molecule has 2 heterocycles. The first-order valence-corrected chi connectivity index (χ1v) is 6.27. The number of hydrogen-bond donors (Lipinski definition) is 0. The molecule has 1 atom stereocenters. The van der Waals surface area contributed by atoms with Gasteiger partial charge in [-0.25, -0.2) is 4.79 Å². The lowest BCUT2D eigenvalue weighted by molar-refractivity contribution is -0.142. The number of benzene rings is 1. The maximum Gasteiger partial charge on any atom is 0.334 e. The maximum absolute atomic E-state index is 11.4. The summed E-state index contributed by atoms with van der Waals surface area (Å²) in [6.45, 7) is 0.255. The van der Waals surface area contributed by atoms with Gasteiger partial charge in [0.25, 0.3) is 0 Å². The largest absolute Gasteiger partial charge is 0.501 e. The van der Waals surface area contributed by atoms with Crippen molar-refractivity contribution in [1.29, 1.82) is 0 Å². The smallest absolute Gasteiger partial charge is 0.334 e. The summed E-state index contributed by atoms with van der Waals surface area (Å²) >= 11 is 0. The topological polar surface area (TPSA) is 54.0 Å². The SMILES string of the molecule is COC1=CC(=O)O[C@@H](/C=C\c2ccc3c(c2)OCO3)C1. The molecule has 5 heteroatoms. The molecule has 0 aliphatic carbocycles. The Morgan fingerprint density at radius 2 is 2.15 bits per heavy atom. The Morgan fingerprint density at radius 1 is 1.30 bits per heavy atom. The van der Waals surface area contributed by atoms with E-state index in [1.54, 1.807) is 7.11 Å². The molecule has 2 aliphatic rings. The molecule has 0 unspecified atom stereocenters. The number of rotatable bonds is 3. The highest BCUT2D eigenvalue weighted by atomic mass is 16.7. The quantitative estimate of drug-likeness (QED) is 0.791. The molecule has 0 saturated carbocycles. The third kappa shape index (κ3) is 2.61. The molecule has 3 rings (SSSR count). The van der Waals surface area contributed by atoms with Crippen molar-refractivity contribution in [2.45, 2.75) is 12.5 Å². The van der Waals surface area contributed by atoms with Gasteiger partial charge >= 0.3 is 5.97 Å². The van der Waals surface area contributed by atoms with Crippen molar-refractivity contribution >= 4 is 12.0 Å². The van der Waals surface area contributed by atoms with Gasteiger partial charge in [-0.2, -0.15) is 0 Å². The number of carbonyl (C=O) groups excluding carboxylic acids is 1. The molecule has 0 fully saturated rings. The predicted octanol–water partition coefficient (Wildman–Crippen LogP) is 2.27. The van der Waals surface area contributed by atoms with Gasteiger partial charge in [0.2, 0.25) is 6.79 Å². The van der Waals surface area contributed by atoms with Crippen LogP contribution in [0, 0.1) is 0 Å². The van der Waals surface area contributed by atoms with Gasteiger partial charge in [-0.3, -0.25) is 0 Å². The molecular formula is C15H14O5. The van der Waals surface area contributed by atoms with Crippen molar-refractivity contribution in [2.75, 3.05) is 13.9 Å². The van der Waals surface area contributed by atoms with Crippen LogP contribution in [-0.2, 0) is 14.3 Å². The van der Waals surface area contributed by atoms with Crippen molar-refractivity contribution in [1.82, 2.24) is 0 Å². The molecule has 0 N–H and O–H groups in total. The van der Waals surface area contributed by atoms with E-state index in [0.29, 0.717) is 12.2 Å². The Hall–Kier alpha value is -2.43. The van der Waals surface area contributed by atoms with E-state index in [-0.39, 0.29) is 18.9 Å². The van der Waals surface area contributed by atoms with Gasteiger partial charge in [-0.1, -0.05) is 12.1 Å². The fraction of sp³-hybridized carbons (Fsp3) is 0.267. The molecule has 0 bridgehead atoms. The van der Waals surface area contributed by atoms with Crippen LogP contribution in [0.5, 0.6) is 11.5 Å². The summed E-state index contributed by atoms with van der Waals surface area (Å²) in [6, 6.07) is 5.66. The van der Waals surface area contributed by atoms with E-state index in [1.165, 1.54) is 6.08 Å². The highest BCUT2D eigenvalue weighted by Crippen LogP contribution is 2.33. The predicted molar refractivity (Wildman–Crippen MR) is 71.2 cm³/mol. The summed E-state index contributed by atoms with van der Waals surface area (Å²) < 4.78 is 20.9. The normalized spacial score (nSPS) is 20.8. The van der Waals surface area contributed by atoms with Gasteiger partial charge in [0.1, 0.15) is 11.9 Å². The third-order valence-corrected chi connectivity index (χ3v) is 3.11. The molecule has 0 radical (unpaired) electrons. The molecule has 0 saturated heterocycles. The molecule has 104 valence electrons. The number of hydrogen-bond acceptors (Lipinski definition) is 5. The van der Waals surface area contributed by atoms with Gasteiger partial charge in [0.05, 0.1) is 13.2 Å². The molecule has 0 aromatic heterocycles. The lowest BCUT2D eigenvalue weighted by Crippen LogP contribution is -2.21. The zero-order valence-corrected chi connectivity index (χ0v) is 11.0.